The van der Waals surface area contributed by atoms with Gasteiger partial charge in [-0.2, -0.15) is 0 Å². The van der Waals surface area contributed by atoms with Gasteiger partial charge in [0.1, 0.15) is 11.2 Å². The largest absolute Gasteiger partial charge is 0.349 e. The van der Waals surface area contributed by atoms with E-state index in [1.54, 1.807) is 24.7 Å². The molecule has 0 bridgehead atoms. The summed E-state index contributed by atoms with van der Waals surface area (Å²) in [5.74, 6) is -0.186. The van der Waals surface area contributed by atoms with Gasteiger partial charge in [-0.25, -0.2) is 0 Å². The van der Waals surface area contributed by atoms with Gasteiger partial charge in [0.05, 0.1) is 17.4 Å². The van der Waals surface area contributed by atoms with Gasteiger partial charge in [-0.1, -0.05) is 18.2 Å². The lowest BCUT2D eigenvalue weighted by Gasteiger charge is -2.28. The third-order valence-electron chi connectivity index (χ3n) is 6.78. The highest BCUT2D eigenvalue weighted by Gasteiger charge is 2.27. The van der Waals surface area contributed by atoms with Crippen LogP contribution in [0.25, 0.3) is 22.1 Å². The summed E-state index contributed by atoms with van der Waals surface area (Å²) in [5.41, 5.74) is 3.13. The van der Waals surface area contributed by atoms with Crippen LogP contribution in [-0.2, 0) is 0 Å². The number of hydrogen-bond acceptors (Lipinski definition) is 4. The molecule has 1 atom stereocenters. The first kappa shape index (κ1) is 21.4. The zero-order chi connectivity index (χ0) is 23.1. The van der Waals surface area contributed by atoms with Crippen LogP contribution in [0, 0.1) is 6.92 Å². The van der Waals surface area contributed by atoms with E-state index in [0.29, 0.717) is 35.5 Å². The van der Waals surface area contributed by atoms with Crippen molar-refractivity contribution < 1.29 is 4.79 Å². The minimum atomic E-state index is -0.186. The summed E-state index contributed by atoms with van der Waals surface area (Å²) < 4.78 is 3.34. The van der Waals surface area contributed by atoms with Crippen LogP contribution >= 0.6 is 0 Å². The lowest BCUT2D eigenvalue weighted by atomic mass is 10.2. The molecule has 0 saturated carbocycles. The predicted molar refractivity (Wildman–Crippen MR) is 130 cm³/mol. The Kier molecular flexibility index (Phi) is 5.50. The zero-order valence-electron chi connectivity index (χ0n) is 19.3. The van der Waals surface area contributed by atoms with Crippen LogP contribution in [-0.4, -0.2) is 49.9 Å². The van der Waals surface area contributed by atoms with Crippen molar-refractivity contribution in [3.8, 4) is 5.69 Å². The van der Waals surface area contributed by atoms with E-state index in [9.17, 15) is 9.59 Å². The van der Waals surface area contributed by atoms with Crippen molar-refractivity contribution in [2.75, 3.05) is 13.1 Å². The van der Waals surface area contributed by atoms with Crippen LogP contribution in [0.4, 0.5) is 0 Å². The van der Waals surface area contributed by atoms with Crippen molar-refractivity contribution in [2.45, 2.75) is 45.7 Å². The van der Waals surface area contributed by atoms with Gasteiger partial charge in [-0.3, -0.25) is 28.4 Å². The lowest BCUT2D eigenvalue weighted by Crippen LogP contribution is -2.43. The molecule has 0 radical (unpaired) electrons. The molecule has 1 amide bonds. The zero-order valence-corrected chi connectivity index (χ0v) is 19.3. The molecule has 0 unspecified atom stereocenters. The summed E-state index contributed by atoms with van der Waals surface area (Å²) >= 11 is 0. The Hall–Kier alpha value is -3.45. The van der Waals surface area contributed by atoms with Crippen molar-refractivity contribution in [3.63, 3.8) is 0 Å². The highest BCUT2D eigenvalue weighted by Crippen LogP contribution is 2.26. The molecule has 3 aromatic heterocycles. The molecule has 33 heavy (non-hydrogen) atoms. The van der Waals surface area contributed by atoms with E-state index in [0.717, 1.165) is 35.9 Å². The number of nitrogens with one attached hydrogen (secondary N) is 1. The van der Waals surface area contributed by atoms with E-state index in [-0.39, 0.29) is 11.5 Å². The van der Waals surface area contributed by atoms with Crippen LogP contribution < -0.4 is 10.9 Å². The summed E-state index contributed by atoms with van der Waals surface area (Å²) in [6.45, 7) is 7.98. The van der Waals surface area contributed by atoms with Crippen molar-refractivity contribution in [3.05, 3.63) is 76.6 Å². The van der Waals surface area contributed by atoms with E-state index in [1.165, 1.54) is 4.57 Å². The minimum absolute atomic E-state index is 0.171. The number of pyridine rings is 1. The molecule has 7 heteroatoms. The molecule has 1 fully saturated rings. The number of benzene rings is 1. The number of hydrogen-bond donors (Lipinski definition) is 1. The first-order chi connectivity index (χ1) is 16.0. The van der Waals surface area contributed by atoms with Crippen LogP contribution in [0.2, 0.25) is 0 Å². The molecule has 0 aliphatic carbocycles. The van der Waals surface area contributed by atoms with Crippen LogP contribution in [0.15, 0.2) is 59.8 Å². The Morgan fingerprint density at radius 3 is 2.79 bits per heavy atom. The Morgan fingerprint density at radius 2 is 2.03 bits per heavy atom. The first-order valence-electron chi connectivity index (χ1n) is 11.6. The van der Waals surface area contributed by atoms with Crippen molar-refractivity contribution in [2.24, 2.45) is 0 Å². The molecule has 7 nitrogen and oxygen atoms in total. The van der Waals surface area contributed by atoms with Gasteiger partial charge in [0.15, 0.2) is 0 Å². The molecule has 170 valence electrons. The highest BCUT2D eigenvalue weighted by atomic mass is 16.2. The topological polar surface area (TPSA) is 71.6 Å². The number of rotatable bonds is 5. The molecular weight excluding hydrogens is 414 g/mol. The van der Waals surface area contributed by atoms with E-state index in [1.807, 2.05) is 41.7 Å². The number of nitrogens with zero attached hydrogens (tertiary/aromatic N) is 4. The molecule has 5 rings (SSSR count). The number of carbonyl (C=O) groups excluding carboxylic acids is 1. The maximum absolute atomic E-state index is 13.6. The van der Waals surface area contributed by atoms with Gasteiger partial charge < -0.3 is 5.32 Å². The standard InChI is InChI=1S/C26H29N5O2/c1-17(2)29-13-7-9-20(29)15-28-25(32)23-16-30(19-8-6-12-27-14-19)26(33)24-18(3)21-10-4-5-11-22(21)31(23)24/h4-6,8,10-12,14,16-17,20H,7,9,13,15H2,1-3H3,(H,28,32)/t20-/m1/s1. The molecule has 1 N–H and O–H groups in total. The number of para-hydroxylation sites is 1. The number of fused-ring (bicyclic) bond motifs is 3. The third-order valence-corrected chi connectivity index (χ3v) is 6.78. The molecule has 1 aliphatic rings. The maximum atomic E-state index is 13.6. The Labute approximate surface area is 192 Å². The van der Waals surface area contributed by atoms with Crippen LogP contribution in [0.1, 0.15) is 42.7 Å². The van der Waals surface area contributed by atoms with Gasteiger partial charge in [0, 0.05) is 36.4 Å². The Balaban J connectivity index is 1.64. The summed E-state index contributed by atoms with van der Waals surface area (Å²) in [6.07, 6.45) is 7.17. The predicted octanol–water partition coefficient (Wildman–Crippen LogP) is 3.55. The SMILES string of the molecule is Cc1c2ccccc2n2c(C(=O)NC[C@H]3CCCN3C(C)C)cn(-c3cccnc3)c(=O)c12. The average molecular weight is 444 g/mol. The number of aryl methyl sites for hydroxylation is 1. The molecule has 4 aromatic rings. The van der Waals surface area contributed by atoms with Crippen LogP contribution in [0.3, 0.4) is 0 Å². The van der Waals surface area contributed by atoms with Gasteiger partial charge in [-0.05, 0) is 63.9 Å². The fraction of sp³-hybridized carbons (Fsp3) is 0.346. The van der Waals surface area contributed by atoms with Crippen LogP contribution in [0.5, 0.6) is 0 Å². The van der Waals surface area contributed by atoms with Gasteiger partial charge in [0.25, 0.3) is 11.5 Å². The molecule has 1 saturated heterocycles. The first-order valence-corrected chi connectivity index (χ1v) is 11.6. The van der Waals surface area contributed by atoms with E-state index in [2.05, 4.69) is 29.0 Å². The molecule has 1 aromatic carbocycles. The van der Waals surface area contributed by atoms with Crippen molar-refractivity contribution in [1.82, 2.24) is 24.2 Å². The number of carbonyl (C=O) groups is 1. The second-order valence-corrected chi connectivity index (χ2v) is 9.06. The normalized spacial score (nSPS) is 16.8. The van der Waals surface area contributed by atoms with Gasteiger partial charge in [0.2, 0.25) is 0 Å². The van der Waals surface area contributed by atoms with E-state index >= 15 is 0 Å². The molecular formula is C26H29N5O2. The fourth-order valence-corrected chi connectivity index (χ4v) is 5.17. The second kappa shape index (κ2) is 8.48. The molecule has 0 spiro atoms. The van der Waals surface area contributed by atoms with Crippen molar-refractivity contribution in [1.29, 1.82) is 0 Å². The minimum Gasteiger partial charge on any atom is -0.349 e. The van der Waals surface area contributed by atoms with Gasteiger partial charge >= 0.3 is 0 Å². The smallest absolute Gasteiger partial charge is 0.279 e. The lowest BCUT2D eigenvalue weighted by molar-refractivity contribution is 0.0928. The van der Waals surface area contributed by atoms with Gasteiger partial charge in [-0.15, -0.1) is 0 Å². The van der Waals surface area contributed by atoms with E-state index in [4.69, 9.17) is 0 Å². The molecule has 1 aliphatic heterocycles. The summed E-state index contributed by atoms with van der Waals surface area (Å²) in [7, 11) is 0. The van der Waals surface area contributed by atoms with Crippen molar-refractivity contribution >= 4 is 22.3 Å². The quantitative estimate of drug-likeness (QED) is 0.512. The number of aromatic nitrogens is 3. The van der Waals surface area contributed by atoms with E-state index < -0.39 is 0 Å². The highest BCUT2D eigenvalue weighted by molar-refractivity contribution is 5.99. The summed E-state index contributed by atoms with van der Waals surface area (Å²) in [6, 6.07) is 12.2. The third kappa shape index (κ3) is 3.62. The fourth-order valence-electron chi connectivity index (χ4n) is 5.17. The number of amides is 1. The monoisotopic (exact) mass is 443 g/mol. The Bertz CT molecular complexity index is 1390. The number of likely N-dealkylation sites (tertiary alicyclic amines) is 1. The second-order valence-electron chi connectivity index (χ2n) is 9.06. The average Bonchev–Trinajstić information content (AvgIpc) is 3.42. The maximum Gasteiger partial charge on any atom is 0.279 e. The summed E-state index contributed by atoms with van der Waals surface area (Å²) in [5, 5.41) is 4.12. The Morgan fingerprint density at radius 1 is 1.21 bits per heavy atom. The summed E-state index contributed by atoms with van der Waals surface area (Å²) in [4.78, 5) is 33.7. The molecule has 4 heterocycles.